The maximum Gasteiger partial charge on any atom is 0.307 e. The molecule has 104 valence electrons. The van der Waals surface area contributed by atoms with Crippen LogP contribution in [0.25, 0.3) is 0 Å². The quantitative estimate of drug-likeness (QED) is 0.847. The fourth-order valence-electron chi connectivity index (χ4n) is 2.51. The van der Waals surface area contributed by atoms with Gasteiger partial charge in [-0.2, -0.15) is 0 Å². The lowest BCUT2D eigenvalue weighted by Gasteiger charge is -2.20. The summed E-state index contributed by atoms with van der Waals surface area (Å²) < 4.78 is 5.29. The number of hydrogen-bond acceptors (Lipinski definition) is 3. The van der Waals surface area contributed by atoms with Crippen LogP contribution >= 0.6 is 0 Å². The molecule has 1 aliphatic carbocycles. The standard InChI is InChI=1S/C16H23NO2/c1-16(2,3)19-15(18)10-11-17-14-9-8-12-6-4-5-7-13(12)14/h4-7,14,17H,8-11H2,1-3H3. The number of esters is 1. The summed E-state index contributed by atoms with van der Waals surface area (Å²) in [6.45, 7) is 6.36. The van der Waals surface area contributed by atoms with Gasteiger partial charge in [0.05, 0.1) is 6.42 Å². The summed E-state index contributed by atoms with van der Waals surface area (Å²) in [6.07, 6.45) is 2.67. The Morgan fingerprint density at radius 1 is 1.37 bits per heavy atom. The molecule has 1 unspecified atom stereocenters. The predicted octanol–water partition coefficient (Wildman–Crippen LogP) is 3.00. The van der Waals surface area contributed by atoms with Crippen LogP contribution in [0.15, 0.2) is 24.3 Å². The second-order valence-corrected chi connectivity index (χ2v) is 6.08. The molecule has 0 spiro atoms. The van der Waals surface area contributed by atoms with E-state index in [9.17, 15) is 4.79 Å². The number of carbonyl (C=O) groups is 1. The molecule has 0 aromatic heterocycles. The summed E-state index contributed by atoms with van der Waals surface area (Å²) in [6, 6.07) is 8.91. The Kier molecular flexibility index (Phi) is 4.25. The molecule has 0 heterocycles. The van der Waals surface area contributed by atoms with E-state index in [1.54, 1.807) is 0 Å². The number of benzene rings is 1. The summed E-state index contributed by atoms with van der Waals surface area (Å²) in [4.78, 5) is 11.6. The van der Waals surface area contributed by atoms with Crippen molar-refractivity contribution >= 4 is 5.97 Å². The number of nitrogens with one attached hydrogen (secondary N) is 1. The van der Waals surface area contributed by atoms with Gasteiger partial charge >= 0.3 is 5.97 Å². The highest BCUT2D eigenvalue weighted by Crippen LogP contribution is 2.30. The summed E-state index contributed by atoms with van der Waals surface area (Å²) in [5, 5.41) is 3.45. The first-order valence-corrected chi connectivity index (χ1v) is 6.99. The van der Waals surface area contributed by atoms with Crippen molar-refractivity contribution in [2.75, 3.05) is 6.54 Å². The highest BCUT2D eigenvalue weighted by atomic mass is 16.6. The van der Waals surface area contributed by atoms with E-state index < -0.39 is 5.60 Å². The van der Waals surface area contributed by atoms with E-state index in [-0.39, 0.29) is 5.97 Å². The zero-order valence-electron chi connectivity index (χ0n) is 12.0. The Labute approximate surface area is 115 Å². The smallest absolute Gasteiger partial charge is 0.307 e. The fourth-order valence-corrected chi connectivity index (χ4v) is 2.51. The topological polar surface area (TPSA) is 38.3 Å². The average molecular weight is 261 g/mol. The van der Waals surface area contributed by atoms with Crippen LogP contribution in [0.5, 0.6) is 0 Å². The number of rotatable bonds is 4. The van der Waals surface area contributed by atoms with Gasteiger partial charge in [-0.3, -0.25) is 4.79 Å². The van der Waals surface area contributed by atoms with E-state index in [0.717, 1.165) is 12.8 Å². The second kappa shape index (κ2) is 5.74. The van der Waals surface area contributed by atoms with Gasteiger partial charge < -0.3 is 10.1 Å². The molecule has 0 saturated heterocycles. The molecule has 0 bridgehead atoms. The Morgan fingerprint density at radius 3 is 2.84 bits per heavy atom. The second-order valence-electron chi connectivity index (χ2n) is 6.08. The normalized spacial score (nSPS) is 18.2. The van der Waals surface area contributed by atoms with Gasteiger partial charge in [0.15, 0.2) is 0 Å². The van der Waals surface area contributed by atoms with Gasteiger partial charge in [0.1, 0.15) is 5.60 Å². The molecular weight excluding hydrogens is 238 g/mol. The van der Waals surface area contributed by atoms with Crippen LogP contribution < -0.4 is 5.32 Å². The maximum atomic E-state index is 11.6. The number of hydrogen-bond donors (Lipinski definition) is 1. The Balaban J connectivity index is 1.77. The largest absolute Gasteiger partial charge is 0.460 e. The predicted molar refractivity (Wildman–Crippen MR) is 76.0 cm³/mol. The summed E-state index contributed by atoms with van der Waals surface area (Å²) in [5.74, 6) is -0.133. The lowest BCUT2D eigenvalue weighted by atomic mass is 10.1. The Hall–Kier alpha value is -1.35. The molecular formula is C16H23NO2. The van der Waals surface area contributed by atoms with E-state index in [2.05, 4.69) is 29.6 Å². The molecule has 2 rings (SSSR count). The van der Waals surface area contributed by atoms with Crippen LogP contribution in [-0.2, 0) is 16.0 Å². The monoisotopic (exact) mass is 261 g/mol. The maximum absolute atomic E-state index is 11.6. The van der Waals surface area contributed by atoms with Crippen LogP contribution in [-0.4, -0.2) is 18.1 Å². The van der Waals surface area contributed by atoms with Crippen LogP contribution in [0.2, 0.25) is 0 Å². The lowest BCUT2D eigenvalue weighted by molar-refractivity contribution is -0.154. The average Bonchev–Trinajstić information content (AvgIpc) is 2.70. The molecule has 1 aliphatic rings. The third-order valence-electron chi connectivity index (χ3n) is 3.27. The third-order valence-corrected chi connectivity index (χ3v) is 3.27. The van der Waals surface area contributed by atoms with Crippen molar-refractivity contribution < 1.29 is 9.53 Å². The van der Waals surface area contributed by atoms with Crippen molar-refractivity contribution in [1.29, 1.82) is 0 Å². The molecule has 3 heteroatoms. The van der Waals surface area contributed by atoms with E-state index >= 15 is 0 Å². The zero-order valence-corrected chi connectivity index (χ0v) is 12.0. The molecule has 1 aromatic carbocycles. The Bertz CT molecular complexity index is 448. The van der Waals surface area contributed by atoms with E-state index in [4.69, 9.17) is 4.74 Å². The minimum Gasteiger partial charge on any atom is -0.460 e. The van der Waals surface area contributed by atoms with E-state index in [1.807, 2.05) is 20.8 Å². The molecule has 0 aliphatic heterocycles. The molecule has 19 heavy (non-hydrogen) atoms. The van der Waals surface area contributed by atoms with Gasteiger partial charge in [-0.25, -0.2) is 0 Å². The minimum absolute atomic E-state index is 0.133. The van der Waals surface area contributed by atoms with Gasteiger partial charge in [0, 0.05) is 12.6 Å². The van der Waals surface area contributed by atoms with E-state index in [1.165, 1.54) is 11.1 Å². The van der Waals surface area contributed by atoms with Gasteiger partial charge in [-0.1, -0.05) is 24.3 Å². The van der Waals surface area contributed by atoms with Crippen molar-refractivity contribution in [3.63, 3.8) is 0 Å². The number of aryl methyl sites for hydroxylation is 1. The van der Waals surface area contributed by atoms with E-state index in [0.29, 0.717) is 19.0 Å². The molecule has 1 N–H and O–H groups in total. The highest BCUT2D eigenvalue weighted by molar-refractivity contribution is 5.70. The number of carbonyl (C=O) groups excluding carboxylic acids is 1. The summed E-state index contributed by atoms with van der Waals surface area (Å²) in [7, 11) is 0. The van der Waals surface area contributed by atoms with Crippen LogP contribution in [0, 0.1) is 0 Å². The molecule has 1 atom stereocenters. The van der Waals surface area contributed by atoms with Crippen molar-refractivity contribution in [1.82, 2.24) is 5.32 Å². The van der Waals surface area contributed by atoms with Crippen molar-refractivity contribution in [3.8, 4) is 0 Å². The molecule has 0 amide bonds. The molecule has 0 fully saturated rings. The number of fused-ring (bicyclic) bond motifs is 1. The van der Waals surface area contributed by atoms with Crippen molar-refractivity contribution in [2.24, 2.45) is 0 Å². The fraction of sp³-hybridized carbons (Fsp3) is 0.562. The van der Waals surface area contributed by atoms with Crippen LogP contribution in [0.4, 0.5) is 0 Å². The number of ether oxygens (including phenoxy) is 1. The van der Waals surface area contributed by atoms with Gasteiger partial charge in [-0.15, -0.1) is 0 Å². The SMILES string of the molecule is CC(C)(C)OC(=O)CCNC1CCc2ccccc21. The van der Waals surface area contributed by atoms with Gasteiger partial charge in [0.25, 0.3) is 0 Å². The van der Waals surface area contributed by atoms with Crippen LogP contribution in [0.3, 0.4) is 0 Å². The van der Waals surface area contributed by atoms with Gasteiger partial charge in [0.2, 0.25) is 0 Å². The third kappa shape index (κ3) is 4.06. The first-order valence-electron chi connectivity index (χ1n) is 6.99. The molecule has 1 aromatic rings. The first-order chi connectivity index (χ1) is 8.96. The Morgan fingerprint density at radius 2 is 2.11 bits per heavy atom. The summed E-state index contributed by atoms with van der Waals surface area (Å²) in [5.41, 5.74) is 2.42. The molecule has 0 radical (unpaired) electrons. The molecule has 3 nitrogen and oxygen atoms in total. The van der Waals surface area contributed by atoms with Crippen molar-refractivity contribution in [2.45, 2.75) is 51.7 Å². The van der Waals surface area contributed by atoms with Crippen molar-refractivity contribution in [3.05, 3.63) is 35.4 Å². The minimum atomic E-state index is -0.392. The van der Waals surface area contributed by atoms with Gasteiger partial charge in [-0.05, 0) is 44.7 Å². The zero-order chi connectivity index (χ0) is 13.9. The molecule has 0 saturated carbocycles. The summed E-state index contributed by atoms with van der Waals surface area (Å²) >= 11 is 0. The lowest BCUT2D eigenvalue weighted by Crippen LogP contribution is -2.28. The first kappa shape index (κ1) is 14.1. The highest BCUT2D eigenvalue weighted by Gasteiger charge is 2.22. The van der Waals surface area contributed by atoms with Crippen LogP contribution in [0.1, 0.15) is 50.8 Å².